The maximum atomic E-state index is 11.1. The number of fused-ring (bicyclic) bond motifs is 2. The summed E-state index contributed by atoms with van der Waals surface area (Å²) in [6.45, 7) is 4.59. The molecule has 3 rings (SSSR count). The highest BCUT2D eigenvalue weighted by Gasteiger charge is 2.50. The van der Waals surface area contributed by atoms with Gasteiger partial charge in [-0.2, -0.15) is 0 Å². The van der Waals surface area contributed by atoms with Gasteiger partial charge in [0.15, 0.2) is 0 Å². The molecule has 0 radical (unpaired) electrons. The van der Waals surface area contributed by atoms with E-state index >= 15 is 0 Å². The van der Waals surface area contributed by atoms with Crippen molar-refractivity contribution in [3.05, 3.63) is 0 Å². The van der Waals surface area contributed by atoms with Gasteiger partial charge < -0.3 is 10.1 Å². The predicted molar refractivity (Wildman–Crippen MR) is 54.1 cm³/mol. The van der Waals surface area contributed by atoms with E-state index in [1.807, 2.05) is 0 Å². The van der Waals surface area contributed by atoms with E-state index in [9.17, 15) is 4.79 Å². The topological polar surface area (TPSA) is 32.3 Å². The van der Waals surface area contributed by atoms with Crippen LogP contribution in [0.1, 0.15) is 19.3 Å². The first-order chi connectivity index (χ1) is 6.82. The van der Waals surface area contributed by atoms with Crippen LogP contribution in [0.2, 0.25) is 0 Å². The van der Waals surface area contributed by atoms with E-state index < -0.39 is 0 Å². The van der Waals surface area contributed by atoms with E-state index in [2.05, 4.69) is 10.2 Å². The quantitative estimate of drug-likeness (QED) is 0.640. The molecule has 1 saturated carbocycles. The van der Waals surface area contributed by atoms with Crippen LogP contribution < -0.4 is 5.32 Å². The van der Waals surface area contributed by atoms with E-state index in [0.717, 1.165) is 50.9 Å². The first-order valence-corrected chi connectivity index (χ1v) is 5.74. The first-order valence-electron chi connectivity index (χ1n) is 5.74. The normalized spacial score (nSPS) is 40.6. The molecule has 3 fully saturated rings. The van der Waals surface area contributed by atoms with Gasteiger partial charge >= 0.3 is 0 Å². The van der Waals surface area contributed by atoms with Crippen molar-refractivity contribution in [2.24, 2.45) is 11.8 Å². The summed E-state index contributed by atoms with van der Waals surface area (Å²) in [6, 6.07) is 0. The lowest BCUT2D eigenvalue weighted by molar-refractivity contribution is -0.115. The molecule has 2 heterocycles. The molecular formula is C11H18N2O. The third-order valence-corrected chi connectivity index (χ3v) is 4.10. The van der Waals surface area contributed by atoms with E-state index in [-0.39, 0.29) is 5.54 Å². The molecule has 0 aromatic heterocycles. The van der Waals surface area contributed by atoms with Crippen molar-refractivity contribution in [3.63, 3.8) is 0 Å². The van der Waals surface area contributed by atoms with Crippen LogP contribution in [0.15, 0.2) is 0 Å². The zero-order valence-corrected chi connectivity index (χ0v) is 8.54. The molecular weight excluding hydrogens is 176 g/mol. The van der Waals surface area contributed by atoms with Crippen LogP contribution in [0.3, 0.4) is 0 Å². The minimum atomic E-state index is -0.0196. The highest BCUT2D eigenvalue weighted by molar-refractivity contribution is 5.68. The molecule has 3 heteroatoms. The summed E-state index contributed by atoms with van der Waals surface area (Å²) >= 11 is 0. The van der Waals surface area contributed by atoms with Gasteiger partial charge in [-0.15, -0.1) is 0 Å². The van der Waals surface area contributed by atoms with Crippen molar-refractivity contribution >= 4 is 6.29 Å². The summed E-state index contributed by atoms with van der Waals surface area (Å²) in [7, 11) is 0. The fraction of sp³-hybridized carbons (Fsp3) is 0.909. The summed E-state index contributed by atoms with van der Waals surface area (Å²) < 4.78 is 0. The van der Waals surface area contributed by atoms with Gasteiger partial charge in [-0.05, 0) is 44.2 Å². The Morgan fingerprint density at radius 3 is 2.36 bits per heavy atom. The predicted octanol–water partition coefficient (Wildman–Crippen LogP) is 0.259. The van der Waals surface area contributed by atoms with Crippen LogP contribution >= 0.6 is 0 Å². The molecule has 0 amide bonds. The van der Waals surface area contributed by atoms with Crippen molar-refractivity contribution in [2.75, 3.05) is 26.2 Å². The SMILES string of the molecule is O=CC1(N2CC3CNCC(C3)C2)CC1. The van der Waals surface area contributed by atoms with Gasteiger partial charge in [-0.1, -0.05) is 0 Å². The maximum Gasteiger partial charge on any atom is 0.140 e. The number of hydrogen-bond donors (Lipinski definition) is 1. The van der Waals surface area contributed by atoms with Gasteiger partial charge in [0.2, 0.25) is 0 Å². The van der Waals surface area contributed by atoms with E-state index in [1.165, 1.54) is 12.7 Å². The van der Waals surface area contributed by atoms with E-state index in [1.54, 1.807) is 0 Å². The zero-order chi connectivity index (χ0) is 9.60. The van der Waals surface area contributed by atoms with Gasteiger partial charge in [-0.3, -0.25) is 4.90 Å². The van der Waals surface area contributed by atoms with Gasteiger partial charge in [-0.25, -0.2) is 0 Å². The standard InChI is InChI=1S/C11H18N2O/c14-8-11(1-2-11)13-6-9-3-10(7-13)5-12-4-9/h8-10,12H,1-7H2. The van der Waals surface area contributed by atoms with Crippen molar-refractivity contribution in [3.8, 4) is 0 Å². The molecule has 1 aliphatic carbocycles. The maximum absolute atomic E-state index is 11.1. The summed E-state index contributed by atoms with van der Waals surface area (Å²) in [5.74, 6) is 1.58. The minimum absolute atomic E-state index is 0.0196. The lowest BCUT2D eigenvalue weighted by Gasteiger charge is -2.44. The molecule has 2 bridgehead atoms. The number of likely N-dealkylation sites (tertiary alicyclic amines) is 1. The zero-order valence-electron chi connectivity index (χ0n) is 8.54. The van der Waals surface area contributed by atoms with Crippen molar-refractivity contribution in [1.82, 2.24) is 10.2 Å². The summed E-state index contributed by atoms with van der Waals surface area (Å²) in [6.07, 6.45) is 4.77. The van der Waals surface area contributed by atoms with Crippen LogP contribution in [-0.2, 0) is 4.79 Å². The molecule has 3 nitrogen and oxygen atoms in total. The van der Waals surface area contributed by atoms with Gasteiger partial charge in [0.1, 0.15) is 6.29 Å². The molecule has 2 saturated heterocycles. The molecule has 78 valence electrons. The van der Waals surface area contributed by atoms with Crippen molar-refractivity contribution < 1.29 is 4.79 Å². The third kappa shape index (κ3) is 1.30. The summed E-state index contributed by atoms with van der Waals surface area (Å²) in [4.78, 5) is 13.5. The number of hydrogen-bond acceptors (Lipinski definition) is 3. The Hall–Kier alpha value is -0.410. The second-order valence-corrected chi connectivity index (χ2v) is 5.25. The number of aldehydes is 1. The molecule has 0 aromatic rings. The molecule has 14 heavy (non-hydrogen) atoms. The molecule has 2 unspecified atom stereocenters. The Kier molecular flexibility index (Phi) is 1.92. The van der Waals surface area contributed by atoms with Crippen LogP contribution in [0, 0.1) is 11.8 Å². The fourth-order valence-electron chi connectivity index (χ4n) is 3.11. The van der Waals surface area contributed by atoms with Crippen LogP contribution in [0.25, 0.3) is 0 Å². The fourth-order valence-corrected chi connectivity index (χ4v) is 3.11. The van der Waals surface area contributed by atoms with Crippen molar-refractivity contribution in [1.29, 1.82) is 0 Å². The first kappa shape index (κ1) is 8.86. The largest absolute Gasteiger partial charge is 0.316 e. The number of rotatable bonds is 2. The number of nitrogens with one attached hydrogen (secondary N) is 1. The van der Waals surface area contributed by atoms with Crippen LogP contribution in [-0.4, -0.2) is 42.9 Å². The van der Waals surface area contributed by atoms with Gasteiger partial charge in [0.25, 0.3) is 0 Å². The van der Waals surface area contributed by atoms with E-state index in [0.29, 0.717) is 0 Å². The van der Waals surface area contributed by atoms with E-state index in [4.69, 9.17) is 0 Å². The Labute approximate surface area is 84.8 Å². The van der Waals surface area contributed by atoms with Crippen LogP contribution in [0.4, 0.5) is 0 Å². The lowest BCUT2D eigenvalue weighted by Crippen LogP contribution is -2.55. The van der Waals surface area contributed by atoms with Gasteiger partial charge in [0.05, 0.1) is 5.54 Å². The molecule has 3 aliphatic rings. The smallest absolute Gasteiger partial charge is 0.140 e. The third-order valence-electron chi connectivity index (χ3n) is 4.10. The Morgan fingerprint density at radius 2 is 1.86 bits per heavy atom. The average molecular weight is 194 g/mol. The van der Waals surface area contributed by atoms with Crippen LogP contribution in [0.5, 0.6) is 0 Å². The second kappa shape index (κ2) is 3.04. The number of carbonyl (C=O) groups excluding carboxylic acids is 1. The highest BCUT2D eigenvalue weighted by atomic mass is 16.1. The molecule has 2 atom stereocenters. The Bertz CT molecular complexity index is 238. The summed E-state index contributed by atoms with van der Waals surface area (Å²) in [5.41, 5.74) is -0.0196. The molecule has 0 aromatic carbocycles. The van der Waals surface area contributed by atoms with Gasteiger partial charge in [0, 0.05) is 13.1 Å². The molecule has 0 spiro atoms. The number of nitrogens with zero attached hydrogens (tertiary/aromatic N) is 1. The second-order valence-electron chi connectivity index (χ2n) is 5.25. The van der Waals surface area contributed by atoms with Crippen molar-refractivity contribution in [2.45, 2.75) is 24.8 Å². The molecule has 2 aliphatic heterocycles. The molecule has 1 N–H and O–H groups in total. The summed E-state index contributed by atoms with van der Waals surface area (Å²) in [5, 5.41) is 3.48. The Balaban J connectivity index is 1.73. The monoisotopic (exact) mass is 194 g/mol. The number of piperidine rings is 2. The highest BCUT2D eigenvalue weighted by Crippen LogP contribution is 2.43. The average Bonchev–Trinajstić information content (AvgIpc) is 2.97. The minimum Gasteiger partial charge on any atom is -0.316 e. The Morgan fingerprint density at radius 1 is 1.21 bits per heavy atom. The number of carbonyl (C=O) groups is 1. The lowest BCUT2D eigenvalue weighted by atomic mass is 9.85.